The minimum Gasteiger partial charge on any atom is -0.329 e. The van der Waals surface area contributed by atoms with Crippen molar-refractivity contribution in [1.82, 2.24) is 14.9 Å². The second-order valence-electron chi connectivity index (χ2n) is 5.00. The molecule has 74 valence electrons. The number of fused-ring (bicyclic) bond motifs is 1. The van der Waals surface area contributed by atoms with Crippen LogP contribution >= 0.6 is 0 Å². The van der Waals surface area contributed by atoms with Gasteiger partial charge in [0.2, 0.25) is 0 Å². The molecule has 2 saturated heterocycles. The van der Waals surface area contributed by atoms with Crippen molar-refractivity contribution in [1.29, 1.82) is 0 Å². The summed E-state index contributed by atoms with van der Waals surface area (Å²) < 4.78 is 2.45. The summed E-state index contributed by atoms with van der Waals surface area (Å²) in [5, 5.41) is 3.57. The van der Waals surface area contributed by atoms with Crippen molar-refractivity contribution < 1.29 is 0 Å². The highest BCUT2D eigenvalue weighted by molar-refractivity contribution is 5.18. The van der Waals surface area contributed by atoms with Gasteiger partial charge in [0.1, 0.15) is 0 Å². The van der Waals surface area contributed by atoms with Crippen LogP contribution in [0, 0.1) is 5.92 Å². The fraction of sp³-hybridized carbons (Fsp3) is 0.727. The first-order chi connectivity index (χ1) is 6.93. The molecule has 3 atom stereocenters. The van der Waals surface area contributed by atoms with E-state index < -0.39 is 0 Å². The molecule has 5 rings (SSSR count). The average Bonchev–Trinajstić information content (AvgIpc) is 2.69. The molecule has 0 spiro atoms. The second-order valence-corrected chi connectivity index (χ2v) is 5.00. The monoisotopic (exact) mass is 189 g/mol. The fourth-order valence-electron chi connectivity index (χ4n) is 3.13. The van der Waals surface area contributed by atoms with Crippen molar-refractivity contribution in [3.63, 3.8) is 0 Å². The van der Waals surface area contributed by atoms with Gasteiger partial charge in [-0.05, 0) is 25.2 Å². The third-order valence-electron chi connectivity index (χ3n) is 4.11. The number of nitrogens with one attached hydrogen (secondary N) is 1. The predicted molar refractivity (Wildman–Crippen MR) is 53.1 cm³/mol. The van der Waals surface area contributed by atoms with Crippen LogP contribution in [0.15, 0.2) is 12.5 Å². The summed E-state index contributed by atoms with van der Waals surface area (Å²) >= 11 is 0. The van der Waals surface area contributed by atoms with Gasteiger partial charge in [-0.3, -0.25) is 0 Å². The van der Waals surface area contributed by atoms with Gasteiger partial charge in [0.25, 0.3) is 0 Å². The van der Waals surface area contributed by atoms with Crippen LogP contribution in [0.2, 0.25) is 0 Å². The molecule has 2 bridgehead atoms. The molecule has 4 fully saturated rings. The minimum atomic E-state index is 0.730. The summed E-state index contributed by atoms with van der Waals surface area (Å²) in [6.45, 7) is 1.22. The van der Waals surface area contributed by atoms with Crippen LogP contribution in [0.4, 0.5) is 0 Å². The molecule has 0 amide bonds. The standard InChI is InChI=1S/C11H15N3/c1-2-7(1)10-5-12-6-14(10)11-8-3-9(11)13-4-8/h5-9,11,13H,1-4H2. The summed E-state index contributed by atoms with van der Waals surface area (Å²) in [6, 6.07) is 1.47. The van der Waals surface area contributed by atoms with Crippen molar-refractivity contribution in [2.75, 3.05) is 6.54 Å². The lowest BCUT2D eigenvalue weighted by atomic mass is 9.80. The lowest BCUT2D eigenvalue weighted by Gasteiger charge is -2.36. The fourth-order valence-corrected chi connectivity index (χ4v) is 3.13. The normalized spacial score (nSPS) is 39.9. The quantitative estimate of drug-likeness (QED) is 0.759. The van der Waals surface area contributed by atoms with Crippen molar-refractivity contribution in [3.8, 4) is 0 Å². The molecule has 4 aliphatic rings. The minimum absolute atomic E-state index is 0.730. The molecule has 3 nitrogen and oxygen atoms in total. The smallest absolute Gasteiger partial charge is 0.0951 e. The van der Waals surface area contributed by atoms with E-state index in [2.05, 4.69) is 21.1 Å². The Kier molecular flexibility index (Phi) is 1.28. The molecule has 2 aliphatic heterocycles. The highest BCUT2D eigenvalue weighted by Crippen LogP contribution is 2.47. The van der Waals surface area contributed by atoms with Crippen molar-refractivity contribution >= 4 is 0 Å². The van der Waals surface area contributed by atoms with Crippen LogP contribution in [0.3, 0.4) is 0 Å². The Morgan fingerprint density at radius 3 is 3.00 bits per heavy atom. The summed E-state index contributed by atoms with van der Waals surface area (Å²) in [6.07, 6.45) is 8.26. The first kappa shape index (κ1) is 7.46. The van der Waals surface area contributed by atoms with E-state index in [9.17, 15) is 0 Å². The Labute approximate surface area is 83.5 Å². The van der Waals surface area contributed by atoms with Crippen LogP contribution in [-0.2, 0) is 0 Å². The van der Waals surface area contributed by atoms with Gasteiger partial charge < -0.3 is 9.88 Å². The predicted octanol–water partition coefficient (Wildman–Crippen LogP) is 1.29. The van der Waals surface area contributed by atoms with Crippen molar-refractivity contribution in [2.45, 2.75) is 37.3 Å². The van der Waals surface area contributed by atoms with E-state index in [1.807, 2.05) is 6.33 Å². The Morgan fingerprint density at radius 2 is 2.36 bits per heavy atom. The maximum Gasteiger partial charge on any atom is 0.0951 e. The van der Waals surface area contributed by atoms with Crippen LogP contribution in [0.25, 0.3) is 0 Å². The molecule has 0 radical (unpaired) electrons. The molecule has 3 heteroatoms. The lowest BCUT2D eigenvalue weighted by molar-refractivity contribution is 0.215. The molecular formula is C11H15N3. The molecule has 1 N–H and O–H groups in total. The van der Waals surface area contributed by atoms with Gasteiger partial charge in [-0.1, -0.05) is 0 Å². The second kappa shape index (κ2) is 2.40. The number of rotatable bonds is 2. The van der Waals surface area contributed by atoms with Crippen LogP contribution in [0.1, 0.15) is 36.9 Å². The van der Waals surface area contributed by atoms with Gasteiger partial charge >= 0.3 is 0 Å². The van der Waals surface area contributed by atoms with Gasteiger partial charge in [0.15, 0.2) is 0 Å². The van der Waals surface area contributed by atoms with E-state index >= 15 is 0 Å². The molecule has 3 heterocycles. The third-order valence-corrected chi connectivity index (χ3v) is 4.11. The van der Waals surface area contributed by atoms with Crippen LogP contribution in [0.5, 0.6) is 0 Å². The molecule has 1 aromatic heterocycles. The number of hydrogen-bond donors (Lipinski definition) is 1. The largest absolute Gasteiger partial charge is 0.329 e. The zero-order valence-corrected chi connectivity index (χ0v) is 8.19. The number of hydrogen-bond acceptors (Lipinski definition) is 2. The summed E-state index contributed by atoms with van der Waals surface area (Å²) in [7, 11) is 0. The third kappa shape index (κ3) is 0.836. The van der Waals surface area contributed by atoms with E-state index in [4.69, 9.17) is 0 Å². The Balaban J connectivity index is 1.71. The topological polar surface area (TPSA) is 29.9 Å². The van der Waals surface area contributed by atoms with Crippen LogP contribution < -0.4 is 5.32 Å². The highest BCUT2D eigenvalue weighted by Gasteiger charge is 2.48. The lowest BCUT2D eigenvalue weighted by Crippen LogP contribution is -2.39. The molecule has 14 heavy (non-hydrogen) atoms. The average molecular weight is 189 g/mol. The molecule has 1 aromatic rings. The number of aromatic nitrogens is 2. The molecular weight excluding hydrogens is 174 g/mol. The van der Waals surface area contributed by atoms with E-state index in [1.54, 1.807) is 0 Å². The van der Waals surface area contributed by atoms with Gasteiger partial charge in [-0.2, -0.15) is 0 Å². The summed E-state index contributed by atoms with van der Waals surface area (Å²) in [4.78, 5) is 4.32. The van der Waals surface area contributed by atoms with E-state index in [-0.39, 0.29) is 0 Å². The SMILES string of the molecule is c1ncn(C2C3CNC2C3)c1C1CC1. The number of nitrogens with zero attached hydrogens (tertiary/aromatic N) is 2. The molecule has 0 aromatic carbocycles. The first-order valence-corrected chi connectivity index (χ1v) is 5.68. The van der Waals surface area contributed by atoms with E-state index in [0.29, 0.717) is 0 Å². The Morgan fingerprint density at radius 1 is 1.43 bits per heavy atom. The van der Waals surface area contributed by atoms with Crippen LogP contribution in [-0.4, -0.2) is 22.1 Å². The molecule has 2 saturated carbocycles. The van der Waals surface area contributed by atoms with Gasteiger partial charge in [0.05, 0.1) is 12.4 Å². The maximum absolute atomic E-state index is 4.32. The zero-order valence-electron chi connectivity index (χ0n) is 8.19. The number of imidazole rings is 1. The molecule has 2 aliphatic carbocycles. The van der Waals surface area contributed by atoms with Gasteiger partial charge in [-0.15, -0.1) is 0 Å². The van der Waals surface area contributed by atoms with Gasteiger partial charge in [0, 0.05) is 30.4 Å². The van der Waals surface area contributed by atoms with Gasteiger partial charge in [-0.25, -0.2) is 4.98 Å². The van der Waals surface area contributed by atoms with E-state index in [1.165, 1.54) is 31.5 Å². The first-order valence-electron chi connectivity index (χ1n) is 5.68. The Hall–Kier alpha value is -0.830. The zero-order chi connectivity index (χ0) is 9.12. The summed E-state index contributed by atoms with van der Waals surface area (Å²) in [5.74, 6) is 1.71. The summed E-state index contributed by atoms with van der Waals surface area (Å²) in [5.41, 5.74) is 1.49. The highest BCUT2D eigenvalue weighted by atomic mass is 15.2. The van der Waals surface area contributed by atoms with E-state index in [0.717, 1.165) is 23.9 Å². The van der Waals surface area contributed by atoms with Crippen molar-refractivity contribution in [2.24, 2.45) is 5.92 Å². The Bertz CT molecular complexity index is 352. The van der Waals surface area contributed by atoms with Crippen molar-refractivity contribution in [3.05, 3.63) is 18.2 Å². The maximum atomic E-state index is 4.32. The molecule has 3 unspecified atom stereocenters.